The fourth-order valence-electron chi connectivity index (χ4n) is 3.92. The fourth-order valence-corrected chi connectivity index (χ4v) is 3.92. The van der Waals surface area contributed by atoms with E-state index in [0.29, 0.717) is 41.9 Å². The molecule has 0 aliphatic carbocycles. The first kappa shape index (κ1) is 18.3. The van der Waals surface area contributed by atoms with Crippen LogP contribution in [-0.2, 0) is 9.59 Å². The number of piperidine rings is 2. The summed E-state index contributed by atoms with van der Waals surface area (Å²) < 4.78 is 0. The summed E-state index contributed by atoms with van der Waals surface area (Å²) in [5.74, 6) is 1.51. The molecule has 0 atom stereocenters. The lowest BCUT2D eigenvalue weighted by atomic mass is 9.71. The molecule has 0 aromatic carbocycles. The first-order chi connectivity index (χ1) is 10.8. The van der Waals surface area contributed by atoms with Gasteiger partial charge in [0.1, 0.15) is 0 Å². The highest BCUT2D eigenvalue weighted by molar-refractivity contribution is 5.77. The molecule has 132 valence electrons. The Kier molecular flexibility index (Phi) is 6.10. The van der Waals surface area contributed by atoms with Crippen molar-refractivity contribution >= 4 is 11.8 Å². The van der Waals surface area contributed by atoms with E-state index in [1.54, 1.807) is 0 Å². The molecule has 2 amide bonds. The van der Waals surface area contributed by atoms with E-state index >= 15 is 0 Å². The Morgan fingerprint density at radius 3 is 1.30 bits per heavy atom. The van der Waals surface area contributed by atoms with E-state index in [2.05, 4.69) is 37.5 Å². The number of likely N-dealkylation sites (tertiary alicyclic amines) is 2. The van der Waals surface area contributed by atoms with Crippen LogP contribution in [-0.4, -0.2) is 47.8 Å². The van der Waals surface area contributed by atoms with Crippen molar-refractivity contribution in [2.75, 3.05) is 26.2 Å². The van der Waals surface area contributed by atoms with Crippen LogP contribution in [0.3, 0.4) is 0 Å². The predicted molar refractivity (Wildman–Crippen MR) is 93.0 cm³/mol. The number of nitrogens with zero attached hydrogens (tertiary/aromatic N) is 2. The summed E-state index contributed by atoms with van der Waals surface area (Å²) in [7, 11) is 0. The molecule has 2 saturated heterocycles. The second kappa shape index (κ2) is 7.67. The number of hydrogen-bond acceptors (Lipinski definition) is 2. The summed E-state index contributed by atoms with van der Waals surface area (Å²) in [4.78, 5) is 28.5. The average molecular weight is 322 g/mol. The molecule has 4 heteroatoms. The van der Waals surface area contributed by atoms with E-state index in [1.165, 1.54) is 0 Å². The number of carbonyl (C=O) groups is 2. The second-order valence-electron chi connectivity index (χ2n) is 8.46. The highest BCUT2D eigenvalue weighted by Gasteiger charge is 2.39. The summed E-state index contributed by atoms with van der Waals surface area (Å²) in [5, 5.41) is 0. The lowest BCUT2D eigenvalue weighted by Crippen LogP contribution is -2.49. The molecule has 0 aromatic rings. The third-order valence-corrected chi connectivity index (χ3v) is 5.52. The van der Waals surface area contributed by atoms with E-state index in [9.17, 15) is 9.59 Å². The molecular weight excluding hydrogens is 288 g/mol. The van der Waals surface area contributed by atoms with Crippen molar-refractivity contribution in [2.24, 2.45) is 17.3 Å². The van der Waals surface area contributed by atoms with Crippen LogP contribution in [0.15, 0.2) is 0 Å². The number of amides is 2. The number of hydrogen-bond donors (Lipinski definition) is 0. The quantitative estimate of drug-likeness (QED) is 0.797. The molecule has 1 spiro atoms. The van der Waals surface area contributed by atoms with E-state index in [0.717, 1.165) is 51.9 Å². The zero-order valence-electron chi connectivity index (χ0n) is 15.4. The smallest absolute Gasteiger partial charge is 0.222 e. The Bertz CT molecular complexity index is 372. The van der Waals surface area contributed by atoms with E-state index in [4.69, 9.17) is 0 Å². The zero-order chi connectivity index (χ0) is 17.0. The van der Waals surface area contributed by atoms with Crippen LogP contribution in [0.4, 0.5) is 0 Å². The Morgan fingerprint density at radius 2 is 1.04 bits per heavy atom. The van der Waals surface area contributed by atoms with Crippen molar-refractivity contribution in [3.63, 3.8) is 0 Å². The summed E-state index contributed by atoms with van der Waals surface area (Å²) in [6.07, 6.45) is 5.80. The molecule has 0 saturated carbocycles. The van der Waals surface area contributed by atoms with Crippen LogP contribution in [0.1, 0.15) is 66.2 Å². The van der Waals surface area contributed by atoms with Crippen molar-refractivity contribution in [2.45, 2.75) is 66.2 Å². The van der Waals surface area contributed by atoms with Gasteiger partial charge in [0.05, 0.1) is 0 Å². The average Bonchev–Trinajstić information content (AvgIpc) is 2.47. The van der Waals surface area contributed by atoms with Crippen LogP contribution >= 0.6 is 0 Å². The van der Waals surface area contributed by atoms with Gasteiger partial charge in [-0.05, 0) is 42.9 Å². The molecule has 0 N–H and O–H groups in total. The summed E-state index contributed by atoms with van der Waals surface area (Å²) >= 11 is 0. The minimum Gasteiger partial charge on any atom is -0.343 e. The standard InChI is InChI=1S/C19H34N2O2/c1-15(2)13-17(22)20-9-5-19(6-10-20)7-11-21(12-8-19)18(23)14-16(3)4/h15-16H,5-14H2,1-4H3. The first-order valence-corrected chi connectivity index (χ1v) is 9.37. The normalized spacial score (nSPS) is 21.3. The topological polar surface area (TPSA) is 40.6 Å². The molecule has 0 bridgehead atoms. The van der Waals surface area contributed by atoms with Crippen LogP contribution in [0, 0.1) is 17.3 Å². The summed E-state index contributed by atoms with van der Waals surface area (Å²) in [6, 6.07) is 0. The Hall–Kier alpha value is -1.06. The zero-order valence-corrected chi connectivity index (χ0v) is 15.4. The molecule has 2 fully saturated rings. The lowest BCUT2D eigenvalue weighted by molar-refractivity contribution is -0.137. The molecule has 0 unspecified atom stereocenters. The molecule has 2 aliphatic heterocycles. The predicted octanol–water partition coefficient (Wildman–Crippen LogP) is 3.31. The van der Waals surface area contributed by atoms with Crippen LogP contribution in [0.25, 0.3) is 0 Å². The maximum Gasteiger partial charge on any atom is 0.222 e. The third kappa shape index (κ3) is 4.95. The van der Waals surface area contributed by atoms with Gasteiger partial charge in [-0.1, -0.05) is 27.7 Å². The third-order valence-electron chi connectivity index (χ3n) is 5.52. The molecule has 2 heterocycles. The van der Waals surface area contributed by atoms with Gasteiger partial charge in [-0.2, -0.15) is 0 Å². The van der Waals surface area contributed by atoms with Gasteiger partial charge in [-0.3, -0.25) is 9.59 Å². The van der Waals surface area contributed by atoms with Gasteiger partial charge in [-0.15, -0.1) is 0 Å². The monoisotopic (exact) mass is 322 g/mol. The Balaban J connectivity index is 1.79. The van der Waals surface area contributed by atoms with Crippen molar-refractivity contribution in [3.8, 4) is 0 Å². The van der Waals surface area contributed by atoms with Gasteiger partial charge in [0.25, 0.3) is 0 Å². The molecule has 4 nitrogen and oxygen atoms in total. The Labute approximate surface area is 141 Å². The largest absolute Gasteiger partial charge is 0.343 e. The summed E-state index contributed by atoms with van der Waals surface area (Å²) in [5.41, 5.74) is 0.378. The van der Waals surface area contributed by atoms with Crippen molar-refractivity contribution < 1.29 is 9.59 Å². The summed E-state index contributed by atoms with van der Waals surface area (Å²) in [6.45, 7) is 12.1. The molecule has 0 aromatic heterocycles. The van der Waals surface area contributed by atoms with Crippen LogP contribution in [0.2, 0.25) is 0 Å². The number of carbonyl (C=O) groups excluding carboxylic acids is 2. The molecule has 2 aliphatic rings. The van der Waals surface area contributed by atoms with Crippen molar-refractivity contribution in [3.05, 3.63) is 0 Å². The van der Waals surface area contributed by atoms with Gasteiger partial charge < -0.3 is 9.80 Å². The van der Waals surface area contributed by atoms with Gasteiger partial charge in [-0.25, -0.2) is 0 Å². The van der Waals surface area contributed by atoms with Gasteiger partial charge in [0.15, 0.2) is 0 Å². The highest BCUT2D eigenvalue weighted by atomic mass is 16.2. The lowest BCUT2D eigenvalue weighted by Gasteiger charge is -2.47. The van der Waals surface area contributed by atoms with E-state index in [-0.39, 0.29) is 0 Å². The minimum absolute atomic E-state index is 0.319. The van der Waals surface area contributed by atoms with Gasteiger partial charge >= 0.3 is 0 Å². The molecule has 0 radical (unpaired) electrons. The minimum atomic E-state index is 0.319. The second-order valence-corrected chi connectivity index (χ2v) is 8.46. The maximum atomic E-state index is 12.2. The van der Waals surface area contributed by atoms with Gasteiger partial charge in [0, 0.05) is 39.0 Å². The van der Waals surface area contributed by atoms with Crippen molar-refractivity contribution in [1.82, 2.24) is 9.80 Å². The number of rotatable bonds is 4. The van der Waals surface area contributed by atoms with Crippen molar-refractivity contribution in [1.29, 1.82) is 0 Å². The van der Waals surface area contributed by atoms with Crippen LogP contribution in [0.5, 0.6) is 0 Å². The maximum absolute atomic E-state index is 12.2. The van der Waals surface area contributed by atoms with Gasteiger partial charge in [0.2, 0.25) is 11.8 Å². The molecular formula is C19H34N2O2. The first-order valence-electron chi connectivity index (χ1n) is 9.37. The van der Waals surface area contributed by atoms with E-state index in [1.807, 2.05) is 0 Å². The fraction of sp³-hybridized carbons (Fsp3) is 0.895. The Morgan fingerprint density at radius 1 is 0.739 bits per heavy atom. The molecule has 2 rings (SSSR count). The highest BCUT2D eigenvalue weighted by Crippen LogP contribution is 2.41. The SMILES string of the molecule is CC(C)CC(=O)N1CCC2(CC1)CCN(C(=O)CC(C)C)CC2. The molecule has 23 heavy (non-hydrogen) atoms. The van der Waals surface area contributed by atoms with E-state index < -0.39 is 0 Å². The van der Waals surface area contributed by atoms with Crippen LogP contribution < -0.4 is 0 Å².